The van der Waals surface area contributed by atoms with Crippen LogP contribution in [0.2, 0.25) is 0 Å². The fraction of sp³-hybridized carbons (Fsp3) is 0.625. The van der Waals surface area contributed by atoms with E-state index in [0.717, 1.165) is 30.2 Å². The lowest BCUT2D eigenvalue weighted by atomic mass is 10.1. The molecule has 0 heterocycles. The maximum absolute atomic E-state index is 8.99. The number of thioether (sulfide) groups is 1. The molecule has 2 atom stereocenters. The number of ether oxygens (including phenoxy) is 2. The summed E-state index contributed by atoms with van der Waals surface area (Å²) in [5, 5.41) is 12.9. The van der Waals surface area contributed by atoms with Crippen LogP contribution in [0.1, 0.15) is 31.9 Å². The molecule has 1 aromatic carbocycles. The Labute approximate surface area is 132 Å². The van der Waals surface area contributed by atoms with Gasteiger partial charge in [-0.2, -0.15) is 11.8 Å². The lowest BCUT2D eigenvalue weighted by molar-refractivity contribution is 0.289. The van der Waals surface area contributed by atoms with Gasteiger partial charge in [0.25, 0.3) is 0 Å². The van der Waals surface area contributed by atoms with Crippen molar-refractivity contribution in [2.45, 2.75) is 31.6 Å². The lowest BCUT2D eigenvalue weighted by Crippen LogP contribution is -2.24. The zero-order chi connectivity index (χ0) is 15.7. The van der Waals surface area contributed by atoms with E-state index in [1.165, 1.54) is 5.56 Å². The second-order valence-electron chi connectivity index (χ2n) is 4.88. The summed E-state index contributed by atoms with van der Waals surface area (Å²) < 4.78 is 10.7. The number of aliphatic hydroxyl groups is 1. The van der Waals surface area contributed by atoms with Crippen LogP contribution in [0.4, 0.5) is 0 Å². The molecular formula is C16H27NO3S. The molecule has 21 heavy (non-hydrogen) atoms. The summed E-state index contributed by atoms with van der Waals surface area (Å²) in [5.41, 5.74) is 1.19. The van der Waals surface area contributed by atoms with Gasteiger partial charge in [0, 0.05) is 23.7 Å². The molecule has 0 spiro atoms. The fourth-order valence-corrected chi connectivity index (χ4v) is 3.22. The van der Waals surface area contributed by atoms with Crippen molar-refractivity contribution in [2.75, 3.05) is 33.1 Å². The van der Waals surface area contributed by atoms with E-state index in [9.17, 15) is 0 Å². The van der Waals surface area contributed by atoms with Gasteiger partial charge in [0.2, 0.25) is 0 Å². The average molecular weight is 313 g/mol. The van der Waals surface area contributed by atoms with Crippen molar-refractivity contribution in [3.63, 3.8) is 0 Å². The normalized spacial score (nSPS) is 13.8. The van der Waals surface area contributed by atoms with Gasteiger partial charge in [0.05, 0.1) is 14.2 Å². The standard InChI is InChI=1S/C16H27NO3S/c1-5-17-14(11-21-12(2)8-9-18)13-6-7-15(19-3)16(10-13)20-4/h6-7,10,12,14,17-18H,5,8-9,11H2,1-4H3. The van der Waals surface area contributed by atoms with Gasteiger partial charge < -0.3 is 19.9 Å². The van der Waals surface area contributed by atoms with Crippen LogP contribution in [-0.2, 0) is 0 Å². The Bertz CT molecular complexity index is 415. The van der Waals surface area contributed by atoms with Crippen LogP contribution in [0.25, 0.3) is 0 Å². The predicted molar refractivity (Wildman–Crippen MR) is 89.6 cm³/mol. The highest BCUT2D eigenvalue weighted by molar-refractivity contribution is 7.99. The van der Waals surface area contributed by atoms with E-state index in [-0.39, 0.29) is 12.6 Å². The van der Waals surface area contributed by atoms with E-state index in [1.54, 1.807) is 14.2 Å². The quantitative estimate of drug-likeness (QED) is 0.695. The van der Waals surface area contributed by atoms with Crippen LogP contribution >= 0.6 is 11.8 Å². The van der Waals surface area contributed by atoms with Gasteiger partial charge in [-0.25, -0.2) is 0 Å². The molecule has 0 aliphatic carbocycles. The Morgan fingerprint density at radius 2 is 1.95 bits per heavy atom. The molecule has 4 nitrogen and oxygen atoms in total. The molecule has 0 aromatic heterocycles. The molecule has 120 valence electrons. The number of hydrogen-bond acceptors (Lipinski definition) is 5. The Kier molecular flexibility index (Phi) is 8.57. The Balaban J connectivity index is 2.79. The van der Waals surface area contributed by atoms with E-state index in [1.807, 2.05) is 23.9 Å². The van der Waals surface area contributed by atoms with Crippen LogP contribution in [0.5, 0.6) is 11.5 Å². The third kappa shape index (κ3) is 5.77. The van der Waals surface area contributed by atoms with Crippen molar-refractivity contribution in [3.8, 4) is 11.5 Å². The van der Waals surface area contributed by atoms with Gasteiger partial charge >= 0.3 is 0 Å². The molecule has 0 saturated heterocycles. The highest BCUT2D eigenvalue weighted by Gasteiger charge is 2.15. The van der Waals surface area contributed by atoms with Gasteiger partial charge in [-0.15, -0.1) is 0 Å². The number of rotatable bonds is 10. The van der Waals surface area contributed by atoms with E-state index in [2.05, 4.69) is 25.2 Å². The number of nitrogens with one attached hydrogen (secondary N) is 1. The van der Waals surface area contributed by atoms with E-state index < -0.39 is 0 Å². The molecule has 0 bridgehead atoms. The first-order valence-corrected chi connectivity index (χ1v) is 8.38. The fourth-order valence-electron chi connectivity index (χ4n) is 2.11. The SMILES string of the molecule is CCNC(CSC(C)CCO)c1ccc(OC)c(OC)c1. The monoisotopic (exact) mass is 313 g/mol. The van der Waals surface area contributed by atoms with Gasteiger partial charge in [0.1, 0.15) is 0 Å². The van der Waals surface area contributed by atoms with Crippen LogP contribution in [0, 0.1) is 0 Å². The van der Waals surface area contributed by atoms with Crippen LogP contribution < -0.4 is 14.8 Å². The van der Waals surface area contributed by atoms with E-state index in [4.69, 9.17) is 14.6 Å². The molecular weight excluding hydrogens is 286 g/mol. The second kappa shape index (κ2) is 9.92. The lowest BCUT2D eigenvalue weighted by Gasteiger charge is -2.21. The van der Waals surface area contributed by atoms with Crippen molar-refractivity contribution in [3.05, 3.63) is 23.8 Å². The molecule has 2 unspecified atom stereocenters. The maximum atomic E-state index is 8.99. The van der Waals surface area contributed by atoms with Crippen LogP contribution in [-0.4, -0.2) is 43.5 Å². The highest BCUT2D eigenvalue weighted by Crippen LogP contribution is 2.31. The summed E-state index contributed by atoms with van der Waals surface area (Å²) in [7, 11) is 3.30. The van der Waals surface area contributed by atoms with Gasteiger partial charge in [-0.3, -0.25) is 0 Å². The van der Waals surface area contributed by atoms with Gasteiger partial charge in [0.15, 0.2) is 11.5 Å². The summed E-state index contributed by atoms with van der Waals surface area (Å²) in [5.74, 6) is 2.47. The molecule has 5 heteroatoms. The van der Waals surface area contributed by atoms with Gasteiger partial charge in [-0.1, -0.05) is 19.9 Å². The smallest absolute Gasteiger partial charge is 0.161 e. The number of methoxy groups -OCH3 is 2. The summed E-state index contributed by atoms with van der Waals surface area (Å²) in [4.78, 5) is 0. The minimum absolute atomic E-state index is 0.246. The Morgan fingerprint density at radius 1 is 1.24 bits per heavy atom. The zero-order valence-corrected chi connectivity index (χ0v) is 14.2. The molecule has 0 aliphatic heterocycles. The summed E-state index contributed by atoms with van der Waals surface area (Å²) in [6.45, 7) is 5.42. The predicted octanol–water partition coefficient (Wildman–Crippen LogP) is 2.86. The minimum Gasteiger partial charge on any atom is -0.493 e. The summed E-state index contributed by atoms with van der Waals surface area (Å²) in [6.07, 6.45) is 0.829. The number of benzene rings is 1. The van der Waals surface area contributed by atoms with Crippen molar-refractivity contribution in [1.29, 1.82) is 0 Å². The van der Waals surface area contributed by atoms with E-state index in [0.29, 0.717) is 5.25 Å². The van der Waals surface area contributed by atoms with Crippen LogP contribution in [0.15, 0.2) is 18.2 Å². The second-order valence-corrected chi connectivity index (χ2v) is 6.35. The summed E-state index contributed by atoms with van der Waals surface area (Å²) in [6, 6.07) is 6.32. The first kappa shape index (κ1) is 18.1. The molecule has 0 aliphatic rings. The third-order valence-electron chi connectivity index (χ3n) is 3.34. The molecule has 0 amide bonds. The topological polar surface area (TPSA) is 50.7 Å². The first-order chi connectivity index (χ1) is 10.2. The molecule has 0 saturated carbocycles. The Morgan fingerprint density at radius 3 is 2.52 bits per heavy atom. The molecule has 0 radical (unpaired) electrons. The zero-order valence-electron chi connectivity index (χ0n) is 13.4. The number of aliphatic hydroxyl groups excluding tert-OH is 1. The van der Waals surface area contributed by atoms with Crippen molar-refractivity contribution < 1.29 is 14.6 Å². The van der Waals surface area contributed by atoms with Gasteiger partial charge in [-0.05, 0) is 30.7 Å². The maximum Gasteiger partial charge on any atom is 0.161 e. The number of hydrogen-bond donors (Lipinski definition) is 2. The molecule has 1 aromatic rings. The average Bonchev–Trinajstić information content (AvgIpc) is 2.51. The molecule has 1 rings (SSSR count). The van der Waals surface area contributed by atoms with Crippen LogP contribution in [0.3, 0.4) is 0 Å². The molecule has 2 N–H and O–H groups in total. The van der Waals surface area contributed by atoms with E-state index >= 15 is 0 Å². The first-order valence-electron chi connectivity index (χ1n) is 7.34. The summed E-state index contributed by atoms with van der Waals surface area (Å²) >= 11 is 1.87. The van der Waals surface area contributed by atoms with Crippen molar-refractivity contribution in [2.24, 2.45) is 0 Å². The minimum atomic E-state index is 0.246. The third-order valence-corrected chi connectivity index (χ3v) is 4.67. The highest BCUT2D eigenvalue weighted by atomic mass is 32.2. The van der Waals surface area contributed by atoms with Crippen molar-refractivity contribution in [1.82, 2.24) is 5.32 Å². The molecule has 0 fully saturated rings. The Hall–Kier alpha value is -0.910. The largest absolute Gasteiger partial charge is 0.493 e. The van der Waals surface area contributed by atoms with Crippen molar-refractivity contribution >= 4 is 11.8 Å².